The first-order chi connectivity index (χ1) is 12.2. The standard InChI is InChI=1S/C16H14N6OS2/c1-10(14-19-20-15(23-14)11-6-3-2-4-7-11)25-16-21-18-13(22(16)17)12-8-5-9-24-12/h2-10H,17H2,1H3/t10-/m1/s1. The number of hydrogen-bond donors (Lipinski definition) is 1. The summed E-state index contributed by atoms with van der Waals surface area (Å²) in [5.41, 5.74) is 0.889. The zero-order valence-electron chi connectivity index (χ0n) is 13.2. The monoisotopic (exact) mass is 370 g/mol. The molecule has 0 fully saturated rings. The van der Waals surface area contributed by atoms with E-state index in [1.54, 1.807) is 11.3 Å². The van der Waals surface area contributed by atoms with Crippen molar-refractivity contribution in [3.05, 3.63) is 53.7 Å². The number of thioether (sulfide) groups is 1. The fourth-order valence-corrected chi connectivity index (χ4v) is 3.74. The smallest absolute Gasteiger partial charge is 0.247 e. The van der Waals surface area contributed by atoms with Gasteiger partial charge in [-0.25, -0.2) is 4.68 Å². The first kappa shape index (κ1) is 15.9. The van der Waals surface area contributed by atoms with Crippen molar-refractivity contribution in [3.63, 3.8) is 0 Å². The highest BCUT2D eigenvalue weighted by atomic mass is 32.2. The van der Waals surface area contributed by atoms with Crippen LogP contribution < -0.4 is 5.84 Å². The van der Waals surface area contributed by atoms with Crippen molar-refractivity contribution in [1.29, 1.82) is 0 Å². The Morgan fingerprint density at radius 2 is 1.92 bits per heavy atom. The van der Waals surface area contributed by atoms with Crippen LogP contribution in [0, 0.1) is 0 Å². The van der Waals surface area contributed by atoms with Crippen molar-refractivity contribution < 1.29 is 4.42 Å². The van der Waals surface area contributed by atoms with Crippen molar-refractivity contribution in [2.75, 3.05) is 5.84 Å². The molecule has 2 N–H and O–H groups in total. The van der Waals surface area contributed by atoms with Gasteiger partial charge in [0.15, 0.2) is 5.82 Å². The molecule has 1 aromatic carbocycles. The maximum Gasteiger partial charge on any atom is 0.247 e. The lowest BCUT2D eigenvalue weighted by Crippen LogP contribution is -2.11. The first-order valence-electron chi connectivity index (χ1n) is 7.52. The molecule has 7 nitrogen and oxygen atoms in total. The Labute approximate surface area is 151 Å². The number of nitrogen functional groups attached to an aromatic ring is 1. The molecule has 3 heterocycles. The number of thiophene rings is 1. The van der Waals surface area contributed by atoms with Gasteiger partial charge >= 0.3 is 0 Å². The van der Waals surface area contributed by atoms with Gasteiger partial charge in [0.25, 0.3) is 0 Å². The molecule has 0 aliphatic heterocycles. The third-order valence-electron chi connectivity index (χ3n) is 3.50. The van der Waals surface area contributed by atoms with Crippen LogP contribution in [0.2, 0.25) is 0 Å². The van der Waals surface area contributed by atoms with E-state index < -0.39 is 0 Å². The Kier molecular flexibility index (Phi) is 4.24. The minimum Gasteiger partial charge on any atom is -0.419 e. The van der Waals surface area contributed by atoms with Crippen molar-refractivity contribution in [2.45, 2.75) is 17.3 Å². The molecule has 0 saturated carbocycles. The summed E-state index contributed by atoms with van der Waals surface area (Å²) in [6.45, 7) is 1.96. The second kappa shape index (κ2) is 6.69. The predicted octanol–water partition coefficient (Wildman–Crippen LogP) is 3.62. The average Bonchev–Trinajstić information content (AvgIpc) is 3.37. The Morgan fingerprint density at radius 3 is 2.68 bits per heavy atom. The van der Waals surface area contributed by atoms with Gasteiger partial charge in [0, 0.05) is 5.56 Å². The molecule has 0 spiro atoms. The highest BCUT2D eigenvalue weighted by Crippen LogP contribution is 2.35. The third kappa shape index (κ3) is 3.15. The molecule has 0 saturated heterocycles. The van der Waals surface area contributed by atoms with Gasteiger partial charge in [-0.2, -0.15) is 0 Å². The van der Waals surface area contributed by atoms with Gasteiger partial charge in [0.2, 0.25) is 16.9 Å². The highest BCUT2D eigenvalue weighted by Gasteiger charge is 2.21. The van der Waals surface area contributed by atoms with E-state index in [1.165, 1.54) is 16.4 Å². The Bertz CT molecular complexity index is 964. The number of benzene rings is 1. The molecule has 0 bridgehead atoms. The number of aromatic nitrogens is 5. The van der Waals surface area contributed by atoms with Crippen molar-refractivity contribution in [2.24, 2.45) is 0 Å². The lowest BCUT2D eigenvalue weighted by Gasteiger charge is -2.06. The Balaban J connectivity index is 1.53. The van der Waals surface area contributed by atoms with Crippen LogP contribution in [0.5, 0.6) is 0 Å². The summed E-state index contributed by atoms with van der Waals surface area (Å²) in [5, 5.41) is 19.1. The molecule has 1 atom stereocenters. The second-order valence-electron chi connectivity index (χ2n) is 5.23. The number of rotatable bonds is 5. The van der Waals surface area contributed by atoms with E-state index in [4.69, 9.17) is 10.3 Å². The van der Waals surface area contributed by atoms with Gasteiger partial charge in [-0.15, -0.1) is 31.7 Å². The summed E-state index contributed by atoms with van der Waals surface area (Å²) < 4.78 is 7.27. The lowest BCUT2D eigenvalue weighted by atomic mass is 10.2. The summed E-state index contributed by atoms with van der Waals surface area (Å²) >= 11 is 2.99. The summed E-state index contributed by atoms with van der Waals surface area (Å²) in [4.78, 5) is 0.971. The van der Waals surface area contributed by atoms with Gasteiger partial charge in [-0.1, -0.05) is 36.0 Å². The van der Waals surface area contributed by atoms with Gasteiger partial charge in [0.05, 0.1) is 10.1 Å². The minimum atomic E-state index is -0.104. The summed E-state index contributed by atoms with van der Waals surface area (Å²) in [5.74, 6) is 7.78. The van der Waals surface area contributed by atoms with E-state index >= 15 is 0 Å². The molecular formula is C16H14N6OS2. The lowest BCUT2D eigenvalue weighted by molar-refractivity contribution is 0.509. The quantitative estimate of drug-likeness (QED) is 0.423. The minimum absolute atomic E-state index is 0.104. The first-order valence-corrected chi connectivity index (χ1v) is 9.28. The zero-order chi connectivity index (χ0) is 17.2. The molecule has 3 aromatic heterocycles. The number of hydrogen-bond acceptors (Lipinski definition) is 8. The summed E-state index contributed by atoms with van der Waals surface area (Å²) in [6, 6.07) is 13.6. The molecule has 25 heavy (non-hydrogen) atoms. The number of nitrogens with two attached hydrogens (primary N) is 1. The zero-order valence-corrected chi connectivity index (χ0v) is 14.9. The van der Waals surface area contributed by atoms with Crippen LogP contribution in [-0.4, -0.2) is 25.1 Å². The van der Waals surface area contributed by atoms with Gasteiger partial charge < -0.3 is 10.3 Å². The molecule has 0 radical (unpaired) electrons. The van der Waals surface area contributed by atoms with E-state index in [9.17, 15) is 0 Å². The fourth-order valence-electron chi connectivity index (χ4n) is 2.24. The van der Waals surface area contributed by atoms with Crippen molar-refractivity contribution >= 4 is 23.1 Å². The predicted molar refractivity (Wildman–Crippen MR) is 97.5 cm³/mol. The molecule has 4 rings (SSSR count). The van der Waals surface area contributed by atoms with E-state index in [0.717, 1.165) is 10.4 Å². The van der Waals surface area contributed by atoms with Crippen LogP contribution >= 0.6 is 23.1 Å². The second-order valence-corrected chi connectivity index (χ2v) is 7.48. The molecule has 4 aromatic rings. The van der Waals surface area contributed by atoms with Crippen LogP contribution in [0.25, 0.3) is 22.2 Å². The van der Waals surface area contributed by atoms with Crippen LogP contribution in [0.4, 0.5) is 0 Å². The van der Waals surface area contributed by atoms with Gasteiger partial charge in [-0.05, 0) is 30.5 Å². The van der Waals surface area contributed by atoms with Gasteiger partial charge in [0.1, 0.15) is 0 Å². The molecule has 0 unspecified atom stereocenters. The SMILES string of the molecule is C[C@@H](Sc1nnc(-c2cccs2)n1N)c1nnc(-c2ccccc2)o1. The van der Waals surface area contributed by atoms with Crippen LogP contribution in [0.3, 0.4) is 0 Å². The van der Waals surface area contributed by atoms with E-state index in [-0.39, 0.29) is 5.25 Å². The van der Waals surface area contributed by atoms with Gasteiger partial charge in [-0.3, -0.25) is 0 Å². The van der Waals surface area contributed by atoms with E-state index in [1.807, 2.05) is 54.8 Å². The molecule has 9 heteroatoms. The van der Waals surface area contributed by atoms with E-state index in [2.05, 4.69) is 20.4 Å². The summed E-state index contributed by atoms with van der Waals surface area (Å²) in [7, 11) is 0. The Morgan fingerprint density at radius 1 is 1.08 bits per heavy atom. The molecule has 126 valence electrons. The van der Waals surface area contributed by atoms with Crippen molar-refractivity contribution in [1.82, 2.24) is 25.1 Å². The normalized spacial score (nSPS) is 12.4. The third-order valence-corrected chi connectivity index (χ3v) is 5.41. The average molecular weight is 370 g/mol. The van der Waals surface area contributed by atoms with Crippen LogP contribution in [0.1, 0.15) is 18.1 Å². The largest absolute Gasteiger partial charge is 0.419 e. The van der Waals surface area contributed by atoms with Crippen molar-refractivity contribution in [3.8, 4) is 22.2 Å². The molecule has 0 amide bonds. The van der Waals surface area contributed by atoms with E-state index in [0.29, 0.717) is 22.8 Å². The molecule has 0 aliphatic carbocycles. The van der Waals surface area contributed by atoms with Crippen LogP contribution in [-0.2, 0) is 0 Å². The topological polar surface area (TPSA) is 95.7 Å². The highest BCUT2D eigenvalue weighted by molar-refractivity contribution is 7.99. The van der Waals surface area contributed by atoms with Crippen LogP contribution in [0.15, 0.2) is 57.4 Å². The Hall–Kier alpha value is -2.65. The summed E-state index contributed by atoms with van der Waals surface area (Å²) in [6.07, 6.45) is 0. The maximum absolute atomic E-state index is 6.13. The maximum atomic E-state index is 6.13. The number of nitrogens with zero attached hydrogens (tertiary/aromatic N) is 5. The fraction of sp³-hybridized carbons (Fsp3) is 0.125. The molecule has 0 aliphatic rings. The molecular weight excluding hydrogens is 356 g/mol.